The molecule has 0 saturated carbocycles. The SMILES string of the molecule is CCCNC(C)c1ccc(N(C)C2CCOC2)c(Br)c1. The van der Waals surface area contributed by atoms with Crippen LogP contribution in [0.4, 0.5) is 5.69 Å². The fraction of sp³-hybridized carbons (Fsp3) is 0.625. The van der Waals surface area contributed by atoms with Crippen LogP contribution in [0.3, 0.4) is 0 Å². The molecule has 2 unspecified atom stereocenters. The van der Waals surface area contributed by atoms with Crippen LogP contribution in [0, 0.1) is 0 Å². The highest BCUT2D eigenvalue weighted by atomic mass is 79.9. The number of hydrogen-bond acceptors (Lipinski definition) is 3. The zero-order chi connectivity index (χ0) is 14.5. The van der Waals surface area contributed by atoms with Crippen molar-refractivity contribution in [2.24, 2.45) is 0 Å². The molecule has 112 valence electrons. The summed E-state index contributed by atoms with van der Waals surface area (Å²) in [6, 6.07) is 7.55. The molecule has 4 heteroatoms. The predicted molar refractivity (Wildman–Crippen MR) is 88.5 cm³/mol. The van der Waals surface area contributed by atoms with Gasteiger partial charge in [0, 0.05) is 24.2 Å². The van der Waals surface area contributed by atoms with Crippen LogP contribution in [0.25, 0.3) is 0 Å². The molecule has 0 bridgehead atoms. The molecular weight excluding hydrogens is 316 g/mol. The molecule has 1 fully saturated rings. The van der Waals surface area contributed by atoms with Gasteiger partial charge >= 0.3 is 0 Å². The van der Waals surface area contributed by atoms with Gasteiger partial charge in [-0.2, -0.15) is 0 Å². The average Bonchev–Trinajstić information content (AvgIpc) is 2.98. The molecule has 1 aromatic carbocycles. The lowest BCUT2D eigenvalue weighted by Crippen LogP contribution is -2.32. The van der Waals surface area contributed by atoms with Gasteiger partial charge in [0.15, 0.2) is 0 Å². The Morgan fingerprint density at radius 1 is 1.50 bits per heavy atom. The lowest BCUT2D eigenvalue weighted by molar-refractivity contribution is 0.193. The second kappa shape index (κ2) is 7.43. The van der Waals surface area contributed by atoms with Crippen LogP contribution >= 0.6 is 15.9 Å². The van der Waals surface area contributed by atoms with Crippen molar-refractivity contribution in [3.05, 3.63) is 28.2 Å². The van der Waals surface area contributed by atoms with Crippen LogP contribution < -0.4 is 10.2 Å². The Kier molecular flexibility index (Phi) is 5.87. The molecule has 1 aliphatic heterocycles. The summed E-state index contributed by atoms with van der Waals surface area (Å²) in [5.74, 6) is 0. The third-order valence-corrected chi connectivity index (χ3v) is 4.64. The van der Waals surface area contributed by atoms with Crippen molar-refractivity contribution >= 4 is 21.6 Å². The largest absolute Gasteiger partial charge is 0.379 e. The molecule has 2 atom stereocenters. The minimum Gasteiger partial charge on any atom is -0.379 e. The third-order valence-electron chi connectivity index (χ3n) is 4.01. The molecule has 0 aromatic heterocycles. The summed E-state index contributed by atoms with van der Waals surface area (Å²) < 4.78 is 6.64. The quantitative estimate of drug-likeness (QED) is 0.853. The van der Waals surface area contributed by atoms with E-state index in [0.717, 1.165) is 37.1 Å². The van der Waals surface area contributed by atoms with Crippen molar-refractivity contribution in [3.63, 3.8) is 0 Å². The molecule has 1 heterocycles. The minimum absolute atomic E-state index is 0.389. The Morgan fingerprint density at radius 2 is 2.30 bits per heavy atom. The molecule has 0 radical (unpaired) electrons. The maximum Gasteiger partial charge on any atom is 0.0670 e. The second-order valence-electron chi connectivity index (χ2n) is 5.51. The Hall–Kier alpha value is -0.580. The Bertz CT molecular complexity index is 432. The van der Waals surface area contributed by atoms with Crippen LogP contribution in [0.5, 0.6) is 0 Å². The third kappa shape index (κ3) is 3.74. The number of likely N-dealkylation sites (N-methyl/N-ethyl adjacent to an activating group) is 1. The molecule has 1 saturated heterocycles. The highest BCUT2D eigenvalue weighted by Crippen LogP contribution is 2.31. The number of anilines is 1. The molecule has 2 rings (SSSR count). The van der Waals surface area contributed by atoms with Crippen LogP contribution in [0.2, 0.25) is 0 Å². The smallest absolute Gasteiger partial charge is 0.0670 e. The van der Waals surface area contributed by atoms with E-state index in [2.05, 4.69) is 65.2 Å². The van der Waals surface area contributed by atoms with Gasteiger partial charge in [-0.1, -0.05) is 13.0 Å². The Morgan fingerprint density at radius 3 is 2.90 bits per heavy atom. The van der Waals surface area contributed by atoms with Crippen LogP contribution in [0.15, 0.2) is 22.7 Å². The maximum absolute atomic E-state index is 5.48. The Balaban J connectivity index is 2.08. The first-order valence-corrected chi connectivity index (χ1v) is 8.26. The van der Waals surface area contributed by atoms with Crippen molar-refractivity contribution in [2.75, 3.05) is 31.7 Å². The van der Waals surface area contributed by atoms with Gasteiger partial charge in [0.25, 0.3) is 0 Å². The van der Waals surface area contributed by atoms with Gasteiger partial charge in [0.05, 0.1) is 18.3 Å². The van der Waals surface area contributed by atoms with E-state index >= 15 is 0 Å². The average molecular weight is 341 g/mol. The van der Waals surface area contributed by atoms with E-state index in [1.165, 1.54) is 11.3 Å². The summed E-state index contributed by atoms with van der Waals surface area (Å²) >= 11 is 3.72. The van der Waals surface area contributed by atoms with Crippen molar-refractivity contribution < 1.29 is 4.74 Å². The molecule has 20 heavy (non-hydrogen) atoms. The van der Waals surface area contributed by atoms with Gasteiger partial charge in [0.1, 0.15) is 0 Å². The monoisotopic (exact) mass is 340 g/mol. The van der Waals surface area contributed by atoms with Gasteiger partial charge in [-0.15, -0.1) is 0 Å². The number of nitrogens with zero attached hydrogens (tertiary/aromatic N) is 1. The van der Waals surface area contributed by atoms with E-state index in [4.69, 9.17) is 4.74 Å². The lowest BCUT2D eigenvalue weighted by atomic mass is 10.1. The number of benzene rings is 1. The zero-order valence-corrected chi connectivity index (χ0v) is 14.2. The van der Waals surface area contributed by atoms with Crippen molar-refractivity contribution in [3.8, 4) is 0 Å². The number of rotatable bonds is 6. The number of ether oxygens (including phenoxy) is 1. The minimum atomic E-state index is 0.389. The summed E-state index contributed by atoms with van der Waals surface area (Å²) in [5, 5.41) is 3.53. The molecule has 3 nitrogen and oxygen atoms in total. The highest BCUT2D eigenvalue weighted by molar-refractivity contribution is 9.10. The van der Waals surface area contributed by atoms with E-state index < -0.39 is 0 Å². The fourth-order valence-electron chi connectivity index (χ4n) is 2.58. The summed E-state index contributed by atoms with van der Waals surface area (Å²) in [4.78, 5) is 2.32. The van der Waals surface area contributed by atoms with Crippen molar-refractivity contribution in [1.29, 1.82) is 0 Å². The molecule has 1 N–H and O–H groups in total. The highest BCUT2D eigenvalue weighted by Gasteiger charge is 2.22. The van der Waals surface area contributed by atoms with Crippen LogP contribution in [0.1, 0.15) is 38.3 Å². The lowest BCUT2D eigenvalue weighted by Gasteiger charge is -2.27. The number of halogens is 1. The molecule has 0 aliphatic carbocycles. The summed E-state index contributed by atoms with van der Waals surface area (Å²) in [7, 11) is 2.15. The first-order chi connectivity index (χ1) is 9.63. The molecular formula is C16H25BrN2O. The Labute approximate surface area is 130 Å². The van der Waals surface area contributed by atoms with E-state index in [-0.39, 0.29) is 0 Å². The normalized spacial score (nSPS) is 20.1. The number of hydrogen-bond donors (Lipinski definition) is 1. The van der Waals surface area contributed by atoms with E-state index in [9.17, 15) is 0 Å². The van der Waals surface area contributed by atoms with Crippen molar-refractivity contribution in [2.45, 2.75) is 38.8 Å². The summed E-state index contributed by atoms with van der Waals surface area (Å²) in [5.41, 5.74) is 2.57. The van der Waals surface area contributed by atoms with Gasteiger partial charge in [-0.3, -0.25) is 0 Å². The predicted octanol–water partition coefficient (Wildman–Crippen LogP) is 3.73. The number of nitrogens with one attached hydrogen (secondary N) is 1. The van der Waals surface area contributed by atoms with E-state index in [1.54, 1.807) is 0 Å². The summed E-state index contributed by atoms with van der Waals surface area (Å²) in [6.07, 6.45) is 2.27. The molecule has 1 aromatic rings. The van der Waals surface area contributed by atoms with Gasteiger partial charge in [0.2, 0.25) is 0 Å². The molecule has 0 spiro atoms. The van der Waals surface area contributed by atoms with Gasteiger partial charge in [-0.25, -0.2) is 0 Å². The standard InChI is InChI=1S/C16H25BrN2O/c1-4-8-18-12(2)13-5-6-16(15(17)10-13)19(3)14-7-9-20-11-14/h5-6,10,12,14,18H,4,7-9,11H2,1-3H3. The first kappa shape index (κ1) is 15.8. The van der Waals surface area contributed by atoms with Gasteiger partial charge < -0.3 is 15.0 Å². The van der Waals surface area contributed by atoms with Crippen LogP contribution in [-0.2, 0) is 4.74 Å². The fourth-order valence-corrected chi connectivity index (χ4v) is 3.26. The first-order valence-electron chi connectivity index (χ1n) is 7.47. The van der Waals surface area contributed by atoms with E-state index in [1.807, 2.05) is 0 Å². The van der Waals surface area contributed by atoms with Gasteiger partial charge in [-0.05, 0) is 59.9 Å². The van der Waals surface area contributed by atoms with Crippen LogP contribution in [-0.4, -0.2) is 32.8 Å². The molecule has 1 aliphatic rings. The zero-order valence-electron chi connectivity index (χ0n) is 12.7. The van der Waals surface area contributed by atoms with Crippen molar-refractivity contribution in [1.82, 2.24) is 5.32 Å². The van der Waals surface area contributed by atoms with E-state index in [0.29, 0.717) is 12.1 Å². The topological polar surface area (TPSA) is 24.5 Å². The second-order valence-corrected chi connectivity index (χ2v) is 6.37. The molecule has 0 amide bonds. The summed E-state index contributed by atoms with van der Waals surface area (Å²) in [6.45, 7) is 7.17. The maximum atomic E-state index is 5.48.